The van der Waals surface area contributed by atoms with Crippen molar-refractivity contribution in [2.24, 2.45) is 5.73 Å². The first-order valence-corrected chi connectivity index (χ1v) is 13.8. The van der Waals surface area contributed by atoms with Crippen LogP contribution in [0.4, 0.5) is 5.69 Å². The molecule has 1 fully saturated rings. The smallest absolute Gasteiger partial charge is 0.253 e. The molecule has 4 N–H and O–H groups in total. The first-order chi connectivity index (χ1) is 18.1. The minimum atomic E-state index is -0.206. The first kappa shape index (κ1) is 29.5. The highest BCUT2D eigenvalue weighted by Gasteiger charge is 2.28. The number of anilines is 1. The molecular weight excluding hydrogens is 474 g/mol. The molecule has 1 aliphatic rings. The molecule has 206 valence electrons. The first-order valence-electron chi connectivity index (χ1n) is 13.8. The second-order valence-corrected chi connectivity index (χ2v) is 10.9. The Morgan fingerprint density at radius 2 is 1.79 bits per heavy atom. The molecule has 3 rings (SSSR count). The minimum Gasteiger partial charge on any atom is -0.369 e. The van der Waals surface area contributed by atoms with E-state index in [9.17, 15) is 9.59 Å². The molecule has 1 aliphatic carbocycles. The summed E-state index contributed by atoms with van der Waals surface area (Å²) < 4.78 is 0. The number of amides is 1. The summed E-state index contributed by atoms with van der Waals surface area (Å²) in [6, 6.07) is 6.97. The van der Waals surface area contributed by atoms with Crippen LogP contribution in [0.2, 0.25) is 0 Å². The summed E-state index contributed by atoms with van der Waals surface area (Å²) in [4.78, 5) is 33.9. The molecule has 0 unspecified atom stereocenters. The third-order valence-corrected chi connectivity index (χ3v) is 7.80. The summed E-state index contributed by atoms with van der Waals surface area (Å²) in [5, 5.41) is 3.02. The van der Waals surface area contributed by atoms with Crippen LogP contribution in [-0.2, 0) is 6.54 Å². The van der Waals surface area contributed by atoms with Gasteiger partial charge >= 0.3 is 0 Å². The number of aryl methyl sites for hydroxylation is 1. The summed E-state index contributed by atoms with van der Waals surface area (Å²) in [5.74, 6) is 6.05. The van der Waals surface area contributed by atoms with Crippen molar-refractivity contribution in [1.29, 1.82) is 0 Å². The van der Waals surface area contributed by atoms with Gasteiger partial charge in [-0.3, -0.25) is 9.59 Å². The molecule has 1 amide bonds. The maximum absolute atomic E-state index is 13.6. The van der Waals surface area contributed by atoms with Gasteiger partial charge in [0.25, 0.3) is 11.5 Å². The van der Waals surface area contributed by atoms with Crippen molar-refractivity contribution in [2.45, 2.75) is 84.8 Å². The number of benzene rings is 1. The third-order valence-electron chi connectivity index (χ3n) is 7.80. The van der Waals surface area contributed by atoms with Gasteiger partial charge in [0.15, 0.2) is 0 Å². The normalized spacial score (nSPS) is 17.3. The van der Waals surface area contributed by atoms with Crippen molar-refractivity contribution in [3.05, 3.63) is 62.1 Å². The van der Waals surface area contributed by atoms with Crippen LogP contribution < -0.4 is 21.5 Å². The summed E-state index contributed by atoms with van der Waals surface area (Å²) >= 11 is 0. The zero-order valence-electron chi connectivity index (χ0n) is 24.2. The number of carbonyl (C=O) groups excluding carboxylic acids is 1. The topological polar surface area (TPSA) is 94.5 Å². The molecule has 1 heterocycles. The molecule has 0 radical (unpaired) electrons. The van der Waals surface area contributed by atoms with Gasteiger partial charge in [-0.25, -0.2) is 0 Å². The van der Waals surface area contributed by atoms with Crippen LogP contribution in [-0.4, -0.2) is 55.1 Å². The van der Waals surface area contributed by atoms with Crippen molar-refractivity contribution in [3.63, 3.8) is 0 Å². The number of aromatic amines is 1. The van der Waals surface area contributed by atoms with E-state index in [2.05, 4.69) is 72.9 Å². The van der Waals surface area contributed by atoms with Crippen LogP contribution in [0, 0.1) is 25.7 Å². The Morgan fingerprint density at radius 1 is 1.13 bits per heavy atom. The van der Waals surface area contributed by atoms with Crippen LogP contribution in [0.25, 0.3) is 0 Å². The number of nitrogens with one attached hydrogen (secondary N) is 2. The second-order valence-electron chi connectivity index (χ2n) is 10.9. The number of H-pyrrole nitrogens is 1. The average Bonchev–Trinajstić information content (AvgIpc) is 2.88. The van der Waals surface area contributed by atoms with Crippen molar-refractivity contribution in [3.8, 4) is 11.8 Å². The number of pyridine rings is 1. The molecular formula is C31H45N5O2. The van der Waals surface area contributed by atoms with Gasteiger partial charge in [-0.15, -0.1) is 0 Å². The SMILES string of the molecule is CCN(c1cc(C#CCN)cc(C(=O)NCc2c(C(C)C)cc(C)[nH]c2=O)c1C)C1CCC(N(C)C)CC1. The Balaban J connectivity index is 1.94. The summed E-state index contributed by atoms with van der Waals surface area (Å²) in [6.07, 6.45) is 4.56. The lowest BCUT2D eigenvalue weighted by Gasteiger charge is -2.40. The van der Waals surface area contributed by atoms with Crippen molar-refractivity contribution < 1.29 is 4.79 Å². The summed E-state index contributed by atoms with van der Waals surface area (Å²) in [6.45, 7) is 11.4. The largest absolute Gasteiger partial charge is 0.369 e. The van der Waals surface area contributed by atoms with E-state index in [-0.39, 0.29) is 30.5 Å². The van der Waals surface area contributed by atoms with E-state index in [1.54, 1.807) is 0 Å². The molecule has 2 aromatic rings. The van der Waals surface area contributed by atoms with Crippen LogP contribution in [0.5, 0.6) is 0 Å². The standard InChI is InChI=1S/C31H45N5O2/c1-8-36(25-13-11-24(12-14-25)35(6)7)29-18-23(10-9-15-32)17-27(22(29)5)30(37)33-19-28-26(20(2)3)16-21(4)34-31(28)38/h16-18,20,24-25H,8,11-15,19,32H2,1-7H3,(H,33,37)(H,34,38). The van der Waals surface area contributed by atoms with E-state index >= 15 is 0 Å². The van der Waals surface area contributed by atoms with Gasteiger partial charge in [-0.2, -0.15) is 0 Å². The minimum absolute atomic E-state index is 0.153. The molecule has 0 saturated heterocycles. The Bertz CT molecular complexity index is 1240. The molecule has 0 aliphatic heterocycles. The molecule has 38 heavy (non-hydrogen) atoms. The van der Waals surface area contributed by atoms with Gasteiger partial charge in [0, 0.05) is 53.2 Å². The highest BCUT2D eigenvalue weighted by Crippen LogP contribution is 2.33. The monoisotopic (exact) mass is 519 g/mol. The molecule has 1 saturated carbocycles. The van der Waals surface area contributed by atoms with E-state index in [4.69, 9.17) is 5.73 Å². The Morgan fingerprint density at radius 3 is 2.37 bits per heavy atom. The highest BCUT2D eigenvalue weighted by molar-refractivity contribution is 5.97. The fraction of sp³-hybridized carbons (Fsp3) is 0.548. The Hall–Kier alpha value is -3.08. The van der Waals surface area contributed by atoms with Crippen molar-refractivity contribution >= 4 is 11.6 Å². The summed E-state index contributed by atoms with van der Waals surface area (Å²) in [5.41, 5.74) is 11.2. The van der Waals surface area contributed by atoms with Crippen LogP contribution in [0.15, 0.2) is 23.0 Å². The van der Waals surface area contributed by atoms with Gasteiger partial charge in [-0.1, -0.05) is 25.7 Å². The fourth-order valence-corrected chi connectivity index (χ4v) is 5.67. The van der Waals surface area contributed by atoms with Crippen LogP contribution in [0.1, 0.15) is 90.7 Å². The molecule has 0 spiro atoms. The fourth-order valence-electron chi connectivity index (χ4n) is 5.67. The molecule has 0 atom stereocenters. The molecule has 1 aromatic heterocycles. The zero-order chi connectivity index (χ0) is 28.0. The highest BCUT2D eigenvalue weighted by atomic mass is 16.1. The van der Waals surface area contributed by atoms with Gasteiger partial charge in [0.1, 0.15) is 0 Å². The van der Waals surface area contributed by atoms with Gasteiger partial charge in [0.05, 0.1) is 6.54 Å². The van der Waals surface area contributed by atoms with Crippen LogP contribution >= 0.6 is 0 Å². The molecule has 7 nitrogen and oxygen atoms in total. The van der Waals surface area contributed by atoms with E-state index in [0.29, 0.717) is 23.2 Å². The van der Waals surface area contributed by atoms with Gasteiger partial charge in [0.2, 0.25) is 0 Å². The maximum atomic E-state index is 13.6. The third kappa shape index (κ3) is 6.86. The van der Waals surface area contributed by atoms with Crippen LogP contribution in [0.3, 0.4) is 0 Å². The number of aromatic nitrogens is 1. The number of carbonyl (C=O) groups is 1. The number of rotatable bonds is 8. The number of hydrogen-bond acceptors (Lipinski definition) is 5. The predicted octanol–water partition coefficient (Wildman–Crippen LogP) is 4.05. The average molecular weight is 520 g/mol. The Labute approximate surface area is 228 Å². The van der Waals surface area contributed by atoms with Crippen molar-refractivity contribution in [1.82, 2.24) is 15.2 Å². The van der Waals surface area contributed by atoms with E-state index in [1.165, 1.54) is 0 Å². The Kier molecular flexibility index (Phi) is 10.2. The second kappa shape index (κ2) is 13.1. The van der Waals surface area contributed by atoms with Gasteiger partial charge in [-0.05, 0) is 95.8 Å². The lowest BCUT2D eigenvalue weighted by atomic mass is 9.88. The zero-order valence-corrected chi connectivity index (χ0v) is 24.2. The number of nitrogens with two attached hydrogens (primary N) is 1. The van der Waals surface area contributed by atoms with E-state index in [0.717, 1.165) is 60.3 Å². The van der Waals surface area contributed by atoms with E-state index in [1.807, 2.05) is 26.0 Å². The number of nitrogens with zero attached hydrogens (tertiary/aromatic N) is 2. The van der Waals surface area contributed by atoms with Gasteiger partial charge < -0.3 is 25.8 Å². The lowest BCUT2D eigenvalue weighted by Crippen LogP contribution is -2.42. The maximum Gasteiger partial charge on any atom is 0.253 e. The van der Waals surface area contributed by atoms with E-state index < -0.39 is 0 Å². The number of hydrogen-bond donors (Lipinski definition) is 3. The molecule has 0 bridgehead atoms. The summed E-state index contributed by atoms with van der Waals surface area (Å²) in [7, 11) is 4.32. The lowest BCUT2D eigenvalue weighted by molar-refractivity contribution is 0.0950. The van der Waals surface area contributed by atoms with Crippen molar-refractivity contribution in [2.75, 3.05) is 32.1 Å². The molecule has 1 aromatic carbocycles. The predicted molar refractivity (Wildman–Crippen MR) is 157 cm³/mol. The molecule has 7 heteroatoms. The quantitative estimate of drug-likeness (QED) is 0.458.